The third-order valence-corrected chi connectivity index (χ3v) is 4.66. The van der Waals surface area contributed by atoms with E-state index in [1.54, 1.807) is 6.07 Å². The first-order valence-electron chi connectivity index (χ1n) is 10.4. The zero-order valence-electron chi connectivity index (χ0n) is 18.5. The van der Waals surface area contributed by atoms with Crippen molar-refractivity contribution in [1.29, 1.82) is 0 Å². The maximum Gasteiger partial charge on any atom is 0.408 e. The summed E-state index contributed by atoms with van der Waals surface area (Å²) >= 11 is 0. The number of benzene rings is 2. The van der Waals surface area contributed by atoms with E-state index in [4.69, 9.17) is 9.47 Å². The highest BCUT2D eigenvalue weighted by molar-refractivity contribution is 5.89. The first-order valence-corrected chi connectivity index (χ1v) is 10.4. The van der Waals surface area contributed by atoms with Crippen molar-refractivity contribution < 1.29 is 28.2 Å². The number of hydrogen-bond donors (Lipinski definition) is 2. The van der Waals surface area contributed by atoms with Crippen molar-refractivity contribution in [1.82, 2.24) is 10.6 Å². The smallest absolute Gasteiger partial charge is 0.408 e. The van der Waals surface area contributed by atoms with Crippen LogP contribution in [-0.2, 0) is 32.1 Å². The van der Waals surface area contributed by atoms with Gasteiger partial charge in [0.25, 0.3) is 0 Å². The fourth-order valence-corrected chi connectivity index (χ4v) is 3.12. The molecule has 0 aromatic heterocycles. The lowest BCUT2D eigenvalue weighted by Crippen LogP contribution is -2.53. The SMILES string of the molecule is COC(=O)[C@@H](Cc1cccc(F)c1)NC(=O)[C@H](CC(C)C)NC(=O)OCc1ccccc1. The van der Waals surface area contributed by atoms with E-state index in [0.29, 0.717) is 12.0 Å². The van der Waals surface area contributed by atoms with E-state index in [9.17, 15) is 18.8 Å². The predicted octanol–water partition coefficient (Wildman–Crippen LogP) is 3.37. The second-order valence-corrected chi connectivity index (χ2v) is 7.81. The molecule has 2 aromatic carbocycles. The molecule has 172 valence electrons. The van der Waals surface area contributed by atoms with Crippen LogP contribution in [0.15, 0.2) is 54.6 Å². The quantitative estimate of drug-likeness (QED) is 0.548. The predicted molar refractivity (Wildman–Crippen MR) is 117 cm³/mol. The van der Waals surface area contributed by atoms with Gasteiger partial charge >= 0.3 is 12.1 Å². The first kappa shape index (κ1) is 24.8. The van der Waals surface area contributed by atoms with Gasteiger partial charge in [0.1, 0.15) is 24.5 Å². The van der Waals surface area contributed by atoms with Crippen LogP contribution in [0, 0.1) is 11.7 Å². The fourth-order valence-electron chi connectivity index (χ4n) is 3.12. The largest absolute Gasteiger partial charge is 0.467 e. The number of ether oxygens (including phenoxy) is 2. The lowest BCUT2D eigenvalue weighted by molar-refractivity contribution is -0.145. The summed E-state index contributed by atoms with van der Waals surface area (Å²) in [7, 11) is 1.21. The normalized spacial score (nSPS) is 12.5. The molecular weight excluding hydrogens is 415 g/mol. The average molecular weight is 445 g/mol. The number of carbonyl (C=O) groups is 3. The number of esters is 1. The number of alkyl carbamates (subject to hydrolysis) is 1. The van der Waals surface area contributed by atoms with Crippen LogP contribution in [0.1, 0.15) is 31.4 Å². The Morgan fingerprint density at radius 1 is 0.938 bits per heavy atom. The third kappa shape index (κ3) is 8.37. The van der Waals surface area contributed by atoms with Crippen molar-refractivity contribution >= 4 is 18.0 Å². The van der Waals surface area contributed by atoms with E-state index in [0.717, 1.165) is 5.56 Å². The summed E-state index contributed by atoms with van der Waals surface area (Å²) in [6, 6.07) is 12.9. The van der Waals surface area contributed by atoms with E-state index < -0.39 is 35.9 Å². The van der Waals surface area contributed by atoms with Crippen LogP contribution in [-0.4, -0.2) is 37.2 Å². The Hall–Kier alpha value is -3.42. The van der Waals surface area contributed by atoms with Crippen LogP contribution < -0.4 is 10.6 Å². The van der Waals surface area contributed by atoms with Crippen LogP contribution in [0.2, 0.25) is 0 Å². The second-order valence-electron chi connectivity index (χ2n) is 7.81. The van der Waals surface area contributed by atoms with Gasteiger partial charge < -0.3 is 20.1 Å². The summed E-state index contributed by atoms with van der Waals surface area (Å²) in [5.74, 6) is -1.59. The molecular formula is C24H29FN2O5. The van der Waals surface area contributed by atoms with Crippen LogP contribution in [0.5, 0.6) is 0 Å². The van der Waals surface area contributed by atoms with Crippen LogP contribution in [0.4, 0.5) is 9.18 Å². The molecule has 8 heteroatoms. The molecule has 0 unspecified atom stereocenters. The van der Waals surface area contributed by atoms with Gasteiger partial charge in [0.2, 0.25) is 5.91 Å². The fraction of sp³-hybridized carbons (Fsp3) is 0.375. The van der Waals surface area contributed by atoms with Crippen molar-refractivity contribution in [3.05, 3.63) is 71.5 Å². The van der Waals surface area contributed by atoms with Crippen molar-refractivity contribution in [2.45, 2.75) is 45.4 Å². The van der Waals surface area contributed by atoms with Gasteiger partial charge in [-0.15, -0.1) is 0 Å². The van der Waals surface area contributed by atoms with E-state index in [-0.39, 0.29) is 18.9 Å². The van der Waals surface area contributed by atoms with E-state index in [1.165, 1.54) is 25.3 Å². The van der Waals surface area contributed by atoms with Gasteiger partial charge in [-0.1, -0.05) is 56.3 Å². The molecule has 7 nitrogen and oxygen atoms in total. The Kier molecular flexibility index (Phi) is 9.66. The molecule has 2 aromatic rings. The highest BCUT2D eigenvalue weighted by Gasteiger charge is 2.28. The van der Waals surface area contributed by atoms with Crippen LogP contribution in [0.3, 0.4) is 0 Å². The molecule has 2 atom stereocenters. The highest BCUT2D eigenvalue weighted by atomic mass is 19.1. The van der Waals surface area contributed by atoms with Gasteiger partial charge in [0, 0.05) is 6.42 Å². The van der Waals surface area contributed by atoms with Crippen molar-refractivity contribution in [3.63, 3.8) is 0 Å². The van der Waals surface area contributed by atoms with Gasteiger partial charge in [-0.25, -0.2) is 14.0 Å². The molecule has 2 N–H and O–H groups in total. The average Bonchev–Trinajstić information content (AvgIpc) is 2.76. The number of nitrogens with one attached hydrogen (secondary N) is 2. The number of hydrogen-bond acceptors (Lipinski definition) is 5. The Bertz CT molecular complexity index is 904. The zero-order valence-corrected chi connectivity index (χ0v) is 18.5. The Morgan fingerprint density at radius 2 is 1.62 bits per heavy atom. The molecule has 0 saturated heterocycles. The molecule has 0 saturated carbocycles. The minimum Gasteiger partial charge on any atom is -0.467 e. The maximum atomic E-state index is 13.5. The Labute approximate surface area is 187 Å². The summed E-state index contributed by atoms with van der Waals surface area (Å²) in [4.78, 5) is 37.4. The lowest BCUT2D eigenvalue weighted by atomic mass is 10.0. The van der Waals surface area contributed by atoms with E-state index in [2.05, 4.69) is 10.6 Å². The molecule has 0 bridgehead atoms. The van der Waals surface area contributed by atoms with Crippen molar-refractivity contribution in [2.24, 2.45) is 5.92 Å². The third-order valence-electron chi connectivity index (χ3n) is 4.66. The standard InChI is InChI=1S/C24H29FN2O5/c1-16(2)12-20(27-24(30)32-15-17-8-5-4-6-9-17)22(28)26-21(23(29)31-3)14-18-10-7-11-19(25)13-18/h4-11,13,16,20-21H,12,14-15H2,1-3H3,(H,26,28)(H,27,30)/t20-,21+/m0/s1. The van der Waals surface area contributed by atoms with Crippen LogP contribution >= 0.6 is 0 Å². The van der Waals surface area contributed by atoms with E-state index in [1.807, 2.05) is 44.2 Å². The zero-order chi connectivity index (χ0) is 23.5. The van der Waals surface area contributed by atoms with Crippen molar-refractivity contribution in [3.8, 4) is 0 Å². The highest BCUT2D eigenvalue weighted by Crippen LogP contribution is 2.10. The lowest BCUT2D eigenvalue weighted by Gasteiger charge is -2.23. The number of methoxy groups -OCH3 is 1. The number of rotatable bonds is 10. The number of amides is 2. The minimum absolute atomic E-state index is 0.0447. The van der Waals surface area contributed by atoms with Crippen LogP contribution in [0.25, 0.3) is 0 Å². The van der Waals surface area contributed by atoms with Gasteiger partial charge in [0.15, 0.2) is 0 Å². The first-order chi connectivity index (χ1) is 15.3. The Balaban J connectivity index is 2.04. The Morgan fingerprint density at radius 3 is 2.25 bits per heavy atom. The van der Waals surface area contributed by atoms with Gasteiger partial charge in [-0.05, 0) is 35.6 Å². The number of carbonyl (C=O) groups excluding carboxylic acids is 3. The molecule has 0 aliphatic heterocycles. The molecule has 0 heterocycles. The minimum atomic E-state index is -1.04. The monoisotopic (exact) mass is 444 g/mol. The van der Waals surface area contributed by atoms with Gasteiger partial charge in [-0.3, -0.25) is 4.79 Å². The van der Waals surface area contributed by atoms with Gasteiger partial charge in [-0.2, -0.15) is 0 Å². The molecule has 0 radical (unpaired) electrons. The summed E-state index contributed by atoms with van der Waals surface area (Å²) in [5, 5.41) is 5.18. The molecule has 0 fully saturated rings. The second kappa shape index (κ2) is 12.4. The topological polar surface area (TPSA) is 93.7 Å². The molecule has 0 aliphatic carbocycles. The van der Waals surface area contributed by atoms with Gasteiger partial charge in [0.05, 0.1) is 7.11 Å². The summed E-state index contributed by atoms with van der Waals surface area (Å²) in [5.41, 5.74) is 1.34. The van der Waals surface area contributed by atoms with E-state index >= 15 is 0 Å². The summed E-state index contributed by atoms with van der Waals surface area (Å²) in [6.45, 7) is 3.87. The molecule has 32 heavy (non-hydrogen) atoms. The molecule has 2 amide bonds. The van der Waals surface area contributed by atoms with Crippen molar-refractivity contribution in [2.75, 3.05) is 7.11 Å². The summed E-state index contributed by atoms with van der Waals surface area (Å²) < 4.78 is 23.5. The summed E-state index contributed by atoms with van der Waals surface area (Å²) in [6.07, 6.45) is -0.363. The molecule has 0 spiro atoms. The molecule has 0 aliphatic rings. The maximum absolute atomic E-state index is 13.5. The molecule has 2 rings (SSSR count). The number of halogens is 1.